The summed E-state index contributed by atoms with van der Waals surface area (Å²) in [5.74, 6) is 0.883. The molecule has 0 aliphatic carbocycles. The maximum Gasteiger partial charge on any atom is 0.253 e. The van der Waals surface area contributed by atoms with Gasteiger partial charge in [-0.2, -0.15) is 0 Å². The summed E-state index contributed by atoms with van der Waals surface area (Å²) in [5.41, 5.74) is 1.91. The summed E-state index contributed by atoms with van der Waals surface area (Å²) in [6.45, 7) is 8.01. The molecule has 0 bridgehead atoms. The number of nitrogens with zero attached hydrogens (tertiary/aromatic N) is 1. The first kappa shape index (κ1) is 18.5. The third-order valence-corrected chi connectivity index (χ3v) is 4.88. The number of likely N-dealkylation sites (tertiary alicyclic amines) is 1. The second-order valence-electron chi connectivity index (χ2n) is 5.51. The number of carbonyl (C=O) groups excluding carboxylic acids is 1. The molecule has 0 radical (unpaired) electrons. The average molecular weight is 376 g/mol. The Bertz CT molecular complexity index is 473. The fourth-order valence-electron chi connectivity index (χ4n) is 2.65. The summed E-state index contributed by atoms with van der Waals surface area (Å²) < 4.78 is 1.05. The number of halogens is 2. The van der Waals surface area contributed by atoms with Crippen LogP contribution in [0, 0.1) is 12.8 Å². The van der Waals surface area contributed by atoms with Crippen LogP contribution in [-0.4, -0.2) is 37.0 Å². The Hall–Kier alpha value is -0.580. The summed E-state index contributed by atoms with van der Waals surface area (Å²) in [6, 6.07) is 5.84. The molecule has 0 aromatic heterocycles. The summed E-state index contributed by atoms with van der Waals surface area (Å²) in [4.78, 5) is 14.5. The van der Waals surface area contributed by atoms with Crippen LogP contribution in [0.25, 0.3) is 0 Å². The number of amides is 1. The lowest BCUT2D eigenvalue weighted by molar-refractivity contribution is 0.0690. The van der Waals surface area contributed by atoms with Crippen LogP contribution in [0.3, 0.4) is 0 Å². The maximum atomic E-state index is 12.5. The van der Waals surface area contributed by atoms with E-state index >= 15 is 0 Å². The molecule has 2 rings (SSSR count). The molecule has 1 fully saturated rings. The van der Waals surface area contributed by atoms with Gasteiger partial charge < -0.3 is 10.2 Å². The van der Waals surface area contributed by atoms with Crippen molar-refractivity contribution in [3.05, 3.63) is 33.8 Å². The Morgan fingerprint density at radius 2 is 2.05 bits per heavy atom. The molecule has 1 amide bonds. The van der Waals surface area contributed by atoms with E-state index in [-0.39, 0.29) is 18.3 Å². The molecule has 5 heteroatoms. The monoisotopic (exact) mass is 374 g/mol. The zero-order valence-electron chi connectivity index (χ0n) is 12.7. The molecule has 1 aromatic rings. The molecule has 1 aliphatic heterocycles. The second-order valence-corrected chi connectivity index (χ2v) is 6.36. The van der Waals surface area contributed by atoms with Gasteiger partial charge in [0.05, 0.1) is 0 Å². The van der Waals surface area contributed by atoms with Gasteiger partial charge in [-0.15, -0.1) is 12.4 Å². The molecular formula is C16H24BrClN2O. The van der Waals surface area contributed by atoms with E-state index in [0.29, 0.717) is 5.92 Å². The van der Waals surface area contributed by atoms with Crippen LogP contribution in [0.1, 0.15) is 35.7 Å². The van der Waals surface area contributed by atoms with Crippen LogP contribution in [0.5, 0.6) is 0 Å². The van der Waals surface area contributed by atoms with Crippen molar-refractivity contribution in [2.45, 2.75) is 26.7 Å². The quantitative estimate of drug-likeness (QED) is 0.871. The predicted molar refractivity (Wildman–Crippen MR) is 93.3 cm³/mol. The van der Waals surface area contributed by atoms with Gasteiger partial charge in [-0.3, -0.25) is 4.79 Å². The van der Waals surface area contributed by atoms with Crippen LogP contribution in [0.15, 0.2) is 22.7 Å². The van der Waals surface area contributed by atoms with Gasteiger partial charge in [0.1, 0.15) is 0 Å². The van der Waals surface area contributed by atoms with Gasteiger partial charge in [-0.25, -0.2) is 0 Å². The Morgan fingerprint density at radius 1 is 1.38 bits per heavy atom. The second kappa shape index (κ2) is 8.76. The van der Waals surface area contributed by atoms with E-state index < -0.39 is 0 Å². The number of aryl methyl sites for hydroxylation is 1. The zero-order valence-corrected chi connectivity index (χ0v) is 15.1. The van der Waals surface area contributed by atoms with E-state index in [4.69, 9.17) is 0 Å². The van der Waals surface area contributed by atoms with Crippen molar-refractivity contribution in [2.75, 3.05) is 26.2 Å². The van der Waals surface area contributed by atoms with E-state index in [1.165, 1.54) is 0 Å². The topological polar surface area (TPSA) is 32.3 Å². The lowest BCUT2D eigenvalue weighted by Gasteiger charge is -2.32. The molecule has 21 heavy (non-hydrogen) atoms. The van der Waals surface area contributed by atoms with Gasteiger partial charge in [-0.1, -0.05) is 22.9 Å². The van der Waals surface area contributed by atoms with Crippen molar-refractivity contribution >= 4 is 34.2 Å². The highest BCUT2D eigenvalue weighted by Crippen LogP contribution is 2.21. The van der Waals surface area contributed by atoms with Crippen LogP contribution in [0.4, 0.5) is 0 Å². The van der Waals surface area contributed by atoms with Crippen molar-refractivity contribution in [3.8, 4) is 0 Å². The SMILES string of the molecule is CCNCC1CCN(C(=O)c2ccc(Br)c(C)c2)CC1.Cl. The zero-order chi connectivity index (χ0) is 14.5. The molecule has 1 aromatic carbocycles. The molecule has 0 saturated carbocycles. The lowest BCUT2D eigenvalue weighted by Crippen LogP contribution is -2.40. The fourth-order valence-corrected chi connectivity index (χ4v) is 2.90. The number of hydrogen-bond acceptors (Lipinski definition) is 2. The number of benzene rings is 1. The van der Waals surface area contributed by atoms with Gasteiger partial charge in [-0.05, 0) is 62.5 Å². The minimum absolute atomic E-state index is 0. The maximum absolute atomic E-state index is 12.5. The molecule has 1 aliphatic rings. The fraction of sp³-hybridized carbons (Fsp3) is 0.562. The van der Waals surface area contributed by atoms with E-state index in [0.717, 1.165) is 54.6 Å². The minimum Gasteiger partial charge on any atom is -0.339 e. The van der Waals surface area contributed by atoms with Crippen LogP contribution in [0.2, 0.25) is 0 Å². The van der Waals surface area contributed by atoms with Gasteiger partial charge in [0.25, 0.3) is 5.91 Å². The first-order chi connectivity index (χ1) is 9.61. The van der Waals surface area contributed by atoms with Gasteiger partial charge in [0.15, 0.2) is 0 Å². The third-order valence-electron chi connectivity index (χ3n) is 3.99. The summed E-state index contributed by atoms with van der Waals surface area (Å²) >= 11 is 3.47. The number of carbonyl (C=O) groups is 1. The molecule has 3 nitrogen and oxygen atoms in total. The summed E-state index contributed by atoms with van der Waals surface area (Å²) in [5, 5.41) is 3.40. The number of hydrogen-bond donors (Lipinski definition) is 1. The highest BCUT2D eigenvalue weighted by Gasteiger charge is 2.23. The van der Waals surface area contributed by atoms with Crippen LogP contribution in [-0.2, 0) is 0 Å². The Kier molecular flexibility index (Phi) is 7.71. The molecule has 1 heterocycles. The van der Waals surface area contributed by atoms with Crippen molar-refractivity contribution in [3.63, 3.8) is 0 Å². The standard InChI is InChI=1S/C16H23BrN2O.ClH/c1-3-18-11-13-6-8-19(9-7-13)16(20)14-4-5-15(17)12(2)10-14;/h4-5,10,13,18H,3,6-9,11H2,1-2H3;1H. The Morgan fingerprint density at radius 3 is 2.62 bits per heavy atom. The van der Waals surface area contributed by atoms with Crippen LogP contribution >= 0.6 is 28.3 Å². The molecule has 1 saturated heterocycles. The number of rotatable bonds is 4. The largest absolute Gasteiger partial charge is 0.339 e. The van der Waals surface area contributed by atoms with Crippen LogP contribution < -0.4 is 5.32 Å². The lowest BCUT2D eigenvalue weighted by atomic mass is 9.96. The molecule has 0 unspecified atom stereocenters. The number of piperidine rings is 1. The van der Waals surface area contributed by atoms with E-state index in [2.05, 4.69) is 28.2 Å². The molecule has 118 valence electrons. The average Bonchev–Trinajstić information content (AvgIpc) is 2.48. The first-order valence-corrected chi connectivity index (χ1v) is 8.17. The van der Waals surface area contributed by atoms with E-state index in [1.54, 1.807) is 0 Å². The van der Waals surface area contributed by atoms with E-state index in [1.807, 2.05) is 30.0 Å². The highest BCUT2D eigenvalue weighted by atomic mass is 79.9. The van der Waals surface area contributed by atoms with Crippen molar-refractivity contribution < 1.29 is 4.79 Å². The van der Waals surface area contributed by atoms with Crippen molar-refractivity contribution in [1.82, 2.24) is 10.2 Å². The predicted octanol–water partition coefficient (Wildman–Crippen LogP) is 3.64. The van der Waals surface area contributed by atoms with Gasteiger partial charge >= 0.3 is 0 Å². The summed E-state index contributed by atoms with van der Waals surface area (Å²) in [7, 11) is 0. The van der Waals surface area contributed by atoms with E-state index in [9.17, 15) is 4.79 Å². The molecule has 0 spiro atoms. The highest BCUT2D eigenvalue weighted by molar-refractivity contribution is 9.10. The minimum atomic E-state index is 0. The van der Waals surface area contributed by atoms with Crippen molar-refractivity contribution in [2.24, 2.45) is 5.92 Å². The smallest absolute Gasteiger partial charge is 0.253 e. The normalized spacial score (nSPS) is 15.7. The molecule has 0 atom stereocenters. The number of nitrogens with one attached hydrogen (secondary N) is 1. The third kappa shape index (κ3) is 4.97. The van der Waals surface area contributed by atoms with Gasteiger partial charge in [0.2, 0.25) is 0 Å². The Balaban J connectivity index is 0.00000220. The molecular weight excluding hydrogens is 352 g/mol. The van der Waals surface area contributed by atoms with Crippen molar-refractivity contribution in [1.29, 1.82) is 0 Å². The van der Waals surface area contributed by atoms with Gasteiger partial charge in [0, 0.05) is 23.1 Å². The Labute approximate surface area is 142 Å². The summed E-state index contributed by atoms with van der Waals surface area (Å²) in [6.07, 6.45) is 2.21. The first-order valence-electron chi connectivity index (χ1n) is 7.38. The molecule has 1 N–H and O–H groups in total.